The van der Waals surface area contributed by atoms with Gasteiger partial charge in [-0.3, -0.25) is 9.69 Å². The van der Waals surface area contributed by atoms with E-state index in [9.17, 15) is 9.59 Å². The average molecular weight is 199 g/mol. The summed E-state index contributed by atoms with van der Waals surface area (Å²) in [7, 11) is 0. The number of carbonyl (C=O) groups is 2. The summed E-state index contributed by atoms with van der Waals surface area (Å²) >= 11 is 0. The summed E-state index contributed by atoms with van der Waals surface area (Å²) in [6.45, 7) is 2.94. The highest BCUT2D eigenvalue weighted by molar-refractivity contribution is 5.83. The molecule has 0 aliphatic carbocycles. The fraction of sp³-hybridized carbons (Fsp3) is 0.750. The first-order chi connectivity index (χ1) is 6.68. The Bertz CT molecular complexity index is 269. The molecular weight excluding hydrogens is 186 g/mol. The van der Waals surface area contributed by atoms with Crippen molar-refractivity contribution in [1.29, 1.82) is 0 Å². The van der Waals surface area contributed by atoms with Gasteiger partial charge in [-0.25, -0.2) is 4.79 Å². The zero-order chi connectivity index (χ0) is 10.1. The Morgan fingerprint density at radius 3 is 2.93 bits per heavy atom. The van der Waals surface area contributed by atoms with E-state index < -0.39 is 6.09 Å². The van der Waals surface area contributed by atoms with Crippen molar-refractivity contribution in [3.8, 4) is 0 Å². The maximum absolute atomic E-state index is 11.4. The van der Waals surface area contributed by atoms with Crippen molar-refractivity contribution in [2.45, 2.75) is 6.04 Å². The molecule has 2 aliphatic heterocycles. The van der Waals surface area contributed by atoms with Gasteiger partial charge in [-0.1, -0.05) is 0 Å². The molecule has 0 aromatic carbocycles. The lowest BCUT2D eigenvalue weighted by Crippen LogP contribution is -2.64. The molecule has 1 atom stereocenters. The lowest BCUT2D eigenvalue weighted by Gasteiger charge is -2.41. The zero-order valence-electron chi connectivity index (χ0n) is 7.77. The van der Waals surface area contributed by atoms with Crippen molar-refractivity contribution in [3.05, 3.63) is 0 Å². The Labute approximate surface area is 81.5 Å². The maximum atomic E-state index is 11.4. The van der Waals surface area contributed by atoms with Gasteiger partial charge in [0.05, 0.1) is 0 Å². The molecule has 6 heteroatoms. The fourth-order valence-electron chi connectivity index (χ4n) is 1.95. The molecule has 0 aromatic rings. The number of rotatable bonds is 0. The third-order valence-corrected chi connectivity index (χ3v) is 2.76. The molecule has 14 heavy (non-hydrogen) atoms. The normalized spacial score (nSPS) is 28.1. The van der Waals surface area contributed by atoms with E-state index >= 15 is 0 Å². The van der Waals surface area contributed by atoms with Crippen LogP contribution in [0.15, 0.2) is 0 Å². The number of fused-ring (bicyclic) bond motifs is 1. The number of carbonyl (C=O) groups excluding carboxylic acids is 1. The van der Waals surface area contributed by atoms with Gasteiger partial charge < -0.3 is 15.3 Å². The van der Waals surface area contributed by atoms with E-state index in [0.717, 1.165) is 6.54 Å². The zero-order valence-corrected chi connectivity index (χ0v) is 7.77. The second-order valence-electron chi connectivity index (χ2n) is 3.57. The van der Waals surface area contributed by atoms with Gasteiger partial charge in [-0.15, -0.1) is 0 Å². The largest absolute Gasteiger partial charge is 0.465 e. The molecule has 0 spiro atoms. The van der Waals surface area contributed by atoms with Crippen LogP contribution in [0.5, 0.6) is 0 Å². The first-order valence-corrected chi connectivity index (χ1v) is 4.68. The maximum Gasteiger partial charge on any atom is 0.407 e. The molecule has 0 saturated carbocycles. The van der Waals surface area contributed by atoms with E-state index in [1.165, 1.54) is 4.90 Å². The number of amides is 2. The van der Waals surface area contributed by atoms with E-state index in [0.29, 0.717) is 26.2 Å². The molecule has 0 radical (unpaired) electrons. The van der Waals surface area contributed by atoms with Crippen LogP contribution in [0.3, 0.4) is 0 Å². The molecular formula is C8H13N3O3. The summed E-state index contributed by atoms with van der Waals surface area (Å²) in [4.78, 5) is 25.5. The van der Waals surface area contributed by atoms with Crippen LogP contribution >= 0.6 is 0 Å². The standard InChI is InChI=1S/C8H13N3O3/c12-7-6-5-11(8(13)14)4-3-10(6)2-1-9-7/h6H,1-5H2,(H,9,12)(H,13,14). The van der Waals surface area contributed by atoms with Crippen LogP contribution in [0.25, 0.3) is 0 Å². The number of nitrogens with zero attached hydrogens (tertiary/aromatic N) is 2. The first-order valence-electron chi connectivity index (χ1n) is 4.68. The van der Waals surface area contributed by atoms with Crippen molar-refractivity contribution < 1.29 is 14.7 Å². The predicted octanol–water partition coefficient (Wildman–Crippen LogP) is -1.22. The van der Waals surface area contributed by atoms with Gasteiger partial charge in [0.25, 0.3) is 0 Å². The number of carboxylic acid groups (broad SMARTS) is 1. The minimum absolute atomic E-state index is 0.0535. The number of hydrogen-bond donors (Lipinski definition) is 2. The van der Waals surface area contributed by atoms with Gasteiger partial charge in [0.15, 0.2) is 0 Å². The molecule has 6 nitrogen and oxygen atoms in total. The third-order valence-electron chi connectivity index (χ3n) is 2.76. The molecule has 2 fully saturated rings. The molecule has 78 valence electrons. The van der Waals surface area contributed by atoms with E-state index in [4.69, 9.17) is 5.11 Å². The highest BCUT2D eigenvalue weighted by atomic mass is 16.4. The van der Waals surface area contributed by atoms with Gasteiger partial charge in [0.2, 0.25) is 5.91 Å². The molecule has 2 aliphatic rings. The van der Waals surface area contributed by atoms with Crippen LogP contribution in [0.2, 0.25) is 0 Å². The summed E-state index contributed by atoms with van der Waals surface area (Å²) < 4.78 is 0. The fourth-order valence-corrected chi connectivity index (χ4v) is 1.95. The van der Waals surface area contributed by atoms with Gasteiger partial charge in [-0.2, -0.15) is 0 Å². The number of piperazine rings is 2. The van der Waals surface area contributed by atoms with Crippen molar-refractivity contribution in [2.75, 3.05) is 32.7 Å². The van der Waals surface area contributed by atoms with Crippen LogP contribution in [0, 0.1) is 0 Å². The lowest BCUT2D eigenvalue weighted by molar-refractivity contribution is -0.131. The molecule has 1 unspecified atom stereocenters. The number of hydrogen-bond acceptors (Lipinski definition) is 3. The number of nitrogens with one attached hydrogen (secondary N) is 1. The van der Waals surface area contributed by atoms with E-state index in [-0.39, 0.29) is 11.9 Å². The highest BCUT2D eigenvalue weighted by Gasteiger charge is 2.36. The molecule has 2 saturated heterocycles. The van der Waals surface area contributed by atoms with E-state index in [1.807, 2.05) is 4.90 Å². The summed E-state index contributed by atoms with van der Waals surface area (Å²) in [5, 5.41) is 11.5. The third kappa shape index (κ3) is 1.52. The Morgan fingerprint density at radius 2 is 2.21 bits per heavy atom. The minimum Gasteiger partial charge on any atom is -0.465 e. The summed E-state index contributed by atoms with van der Waals surface area (Å²) in [5.74, 6) is -0.0535. The van der Waals surface area contributed by atoms with Crippen LogP contribution in [0.4, 0.5) is 4.79 Å². The Balaban J connectivity index is 2.05. The molecule has 2 rings (SSSR count). The summed E-state index contributed by atoms with van der Waals surface area (Å²) in [5.41, 5.74) is 0. The van der Waals surface area contributed by atoms with Crippen LogP contribution in [0.1, 0.15) is 0 Å². The molecule has 0 bridgehead atoms. The van der Waals surface area contributed by atoms with E-state index in [1.54, 1.807) is 0 Å². The van der Waals surface area contributed by atoms with Crippen molar-refractivity contribution in [2.24, 2.45) is 0 Å². The van der Waals surface area contributed by atoms with Crippen molar-refractivity contribution in [1.82, 2.24) is 15.1 Å². The monoisotopic (exact) mass is 199 g/mol. The average Bonchev–Trinajstić information content (AvgIpc) is 2.18. The van der Waals surface area contributed by atoms with Crippen LogP contribution in [-0.4, -0.2) is 65.7 Å². The highest BCUT2D eigenvalue weighted by Crippen LogP contribution is 2.12. The topological polar surface area (TPSA) is 72.9 Å². The summed E-state index contributed by atoms with van der Waals surface area (Å²) in [6.07, 6.45) is -0.942. The van der Waals surface area contributed by atoms with Crippen molar-refractivity contribution >= 4 is 12.0 Å². The Hall–Kier alpha value is -1.30. The minimum atomic E-state index is -0.942. The smallest absolute Gasteiger partial charge is 0.407 e. The lowest BCUT2D eigenvalue weighted by atomic mass is 10.1. The molecule has 2 heterocycles. The molecule has 2 N–H and O–H groups in total. The second kappa shape index (κ2) is 3.45. The Kier molecular flexibility index (Phi) is 2.28. The van der Waals surface area contributed by atoms with Gasteiger partial charge in [-0.05, 0) is 0 Å². The SMILES string of the molecule is O=C1NCCN2CCN(C(=O)O)CC12. The second-order valence-corrected chi connectivity index (χ2v) is 3.57. The summed E-state index contributed by atoms with van der Waals surface area (Å²) in [6, 6.07) is -0.284. The quantitative estimate of drug-likeness (QED) is 0.513. The van der Waals surface area contributed by atoms with Gasteiger partial charge in [0.1, 0.15) is 6.04 Å². The van der Waals surface area contributed by atoms with Crippen LogP contribution < -0.4 is 5.32 Å². The van der Waals surface area contributed by atoms with Crippen LogP contribution in [-0.2, 0) is 4.79 Å². The van der Waals surface area contributed by atoms with Gasteiger partial charge >= 0.3 is 6.09 Å². The Morgan fingerprint density at radius 1 is 1.43 bits per heavy atom. The molecule has 2 amide bonds. The van der Waals surface area contributed by atoms with E-state index in [2.05, 4.69) is 5.32 Å². The predicted molar refractivity (Wildman–Crippen MR) is 48.0 cm³/mol. The van der Waals surface area contributed by atoms with Gasteiger partial charge in [0, 0.05) is 32.7 Å². The van der Waals surface area contributed by atoms with Crippen molar-refractivity contribution in [3.63, 3.8) is 0 Å². The first kappa shape index (κ1) is 9.26. The molecule has 0 aromatic heterocycles.